The molecular weight excluding hydrogens is 328 g/mol. The second kappa shape index (κ2) is 12.9. The smallest absolute Gasteiger partial charge is 0.333 e. The third-order valence-electron chi connectivity index (χ3n) is 3.36. The van der Waals surface area contributed by atoms with Crippen molar-refractivity contribution in [2.24, 2.45) is 0 Å². The number of hydrogen-bond acceptors (Lipinski definition) is 5. The molecule has 1 atom stereocenters. The number of methoxy groups -OCH3 is 1. The summed E-state index contributed by atoms with van der Waals surface area (Å²) in [7, 11) is -1.12. The number of ether oxygens (including phenoxy) is 3. The molecule has 0 radical (unpaired) electrons. The lowest BCUT2D eigenvalue weighted by Gasteiger charge is -2.27. The Morgan fingerprint density at radius 3 is 2.43 bits per heavy atom. The van der Waals surface area contributed by atoms with Crippen LogP contribution in [-0.2, 0) is 23.1 Å². The van der Waals surface area contributed by atoms with E-state index in [1.807, 2.05) is 0 Å². The van der Waals surface area contributed by atoms with Crippen molar-refractivity contribution in [1.29, 1.82) is 0 Å². The van der Waals surface area contributed by atoms with E-state index >= 15 is 0 Å². The van der Waals surface area contributed by atoms with Gasteiger partial charge in [0, 0.05) is 19.3 Å². The highest BCUT2D eigenvalue weighted by molar-refractivity contribution is 6.78. The molecule has 0 aliphatic carbocycles. The summed E-state index contributed by atoms with van der Waals surface area (Å²) in [6.07, 6.45) is 1.91. The second-order valence-corrected chi connectivity index (χ2v) is 13.6. The van der Waals surface area contributed by atoms with Gasteiger partial charge in [0.2, 0.25) is 0 Å². The Balaban J connectivity index is 3.74. The zero-order valence-corrected chi connectivity index (χ0v) is 17.6. The molecule has 7 heteroatoms. The fourth-order valence-corrected chi connectivity index (χ4v) is 9.20. The van der Waals surface area contributed by atoms with Crippen molar-refractivity contribution in [1.82, 2.24) is 0 Å². The Hall–Kier alpha value is -0.476. The van der Waals surface area contributed by atoms with E-state index in [9.17, 15) is 4.79 Å². The zero-order valence-electron chi connectivity index (χ0n) is 15.5. The van der Waals surface area contributed by atoms with Crippen LogP contribution in [0.4, 0.5) is 0 Å². The molecule has 0 saturated carbocycles. The topological polar surface area (TPSA) is 54.0 Å². The van der Waals surface area contributed by atoms with Crippen LogP contribution in [0.15, 0.2) is 12.2 Å². The maximum atomic E-state index is 11.3. The summed E-state index contributed by atoms with van der Waals surface area (Å²) < 4.78 is 21.9. The molecule has 23 heavy (non-hydrogen) atoms. The highest BCUT2D eigenvalue weighted by atomic mass is 28.4. The Labute approximate surface area is 144 Å². The normalized spacial score (nSPS) is 12.9. The fourth-order valence-electron chi connectivity index (χ4n) is 2.17. The van der Waals surface area contributed by atoms with Crippen LogP contribution >= 0.6 is 0 Å². The van der Waals surface area contributed by atoms with Crippen LogP contribution in [0.25, 0.3) is 0 Å². The summed E-state index contributed by atoms with van der Waals surface area (Å²) in [5.41, 5.74) is 0.452. The van der Waals surface area contributed by atoms with Gasteiger partial charge in [-0.25, -0.2) is 4.79 Å². The molecule has 0 spiro atoms. The van der Waals surface area contributed by atoms with Gasteiger partial charge in [-0.15, -0.1) is 0 Å². The maximum absolute atomic E-state index is 11.3. The average Bonchev–Trinajstić information content (AvgIpc) is 2.46. The Kier molecular flexibility index (Phi) is 12.6. The molecule has 0 aromatic heterocycles. The number of hydrogen-bond donors (Lipinski definition) is 0. The molecule has 0 aliphatic heterocycles. The van der Waals surface area contributed by atoms with Gasteiger partial charge in [0.1, 0.15) is 0 Å². The van der Waals surface area contributed by atoms with Crippen molar-refractivity contribution < 1.29 is 23.1 Å². The van der Waals surface area contributed by atoms with E-state index < -0.39 is 17.4 Å². The van der Waals surface area contributed by atoms with E-state index in [4.69, 9.17) is 18.3 Å². The standard InChI is InChI=1S/C16H34O5Si2/c1-15(2)16(17)20-10-7-13-22(4)21-23(5,6)14-8-9-19-12-11-18-3/h22H,1,7-14H2,2-6H3. The Morgan fingerprint density at radius 1 is 1.13 bits per heavy atom. The molecule has 0 fully saturated rings. The van der Waals surface area contributed by atoms with Gasteiger partial charge in [0.05, 0.1) is 19.8 Å². The molecule has 0 N–H and O–H groups in total. The Morgan fingerprint density at radius 2 is 1.83 bits per heavy atom. The SMILES string of the molecule is C=C(C)C(=O)OCCC[SiH](C)O[Si](C)(C)CCCOCCOC. The van der Waals surface area contributed by atoms with E-state index in [1.54, 1.807) is 14.0 Å². The quantitative estimate of drug-likeness (QED) is 0.206. The van der Waals surface area contributed by atoms with Crippen molar-refractivity contribution >= 4 is 23.3 Å². The number of carbonyl (C=O) groups excluding carboxylic acids is 1. The first-order valence-corrected chi connectivity index (χ1v) is 13.9. The lowest BCUT2D eigenvalue weighted by atomic mass is 10.4. The predicted octanol–water partition coefficient (Wildman–Crippen LogP) is 3.12. The van der Waals surface area contributed by atoms with Gasteiger partial charge in [-0.1, -0.05) is 6.58 Å². The van der Waals surface area contributed by atoms with E-state index in [0.717, 1.165) is 31.5 Å². The summed E-state index contributed by atoms with van der Waals surface area (Å²) in [5.74, 6) is -0.302. The fraction of sp³-hybridized carbons (Fsp3) is 0.812. The van der Waals surface area contributed by atoms with Crippen molar-refractivity contribution in [3.63, 3.8) is 0 Å². The third-order valence-corrected chi connectivity index (χ3v) is 10.3. The van der Waals surface area contributed by atoms with Crippen molar-refractivity contribution in [2.75, 3.05) is 33.5 Å². The first-order valence-electron chi connectivity index (χ1n) is 8.35. The van der Waals surface area contributed by atoms with Crippen LogP contribution in [0.1, 0.15) is 19.8 Å². The van der Waals surface area contributed by atoms with Crippen LogP contribution in [-0.4, -0.2) is 56.9 Å². The zero-order chi connectivity index (χ0) is 17.7. The third kappa shape index (κ3) is 13.6. The molecule has 0 saturated heterocycles. The molecule has 0 rings (SSSR count). The van der Waals surface area contributed by atoms with E-state index in [2.05, 4.69) is 26.2 Å². The number of carbonyl (C=O) groups is 1. The van der Waals surface area contributed by atoms with Gasteiger partial charge in [-0.2, -0.15) is 0 Å². The minimum Gasteiger partial charge on any atom is -0.462 e. The lowest BCUT2D eigenvalue weighted by Crippen LogP contribution is -2.36. The van der Waals surface area contributed by atoms with Crippen LogP contribution in [0.5, 0.6) is 0 Å². The van der Waals surface area contributed by atoms with Gasteiger partial charge in [0.15, 0.2) is 17.4 Å². The van der Waals surface area contributed by atoms with Gasteiger partial charge >= 0.3 is 5.97 Å². The first-order chi connectivity index (χ1) is 10.8. The highest BCUT2D eigenvalue weighted by Crippen LogP contribution is 2.17. The van der Waals surface area contributed by atoms with Gasteiger partial charge in [-0.05, 0) is 51.5 Å². The summed E-state index contributed by atoms with van der Waals surface area (Å²) in [4.78, 5) is 11.3. The summed E-state index contributed by atoms with van der Waals surface area (Å²) in [6.45, 7) is 14.5. The number of esters is 1. The minimum absolute atomic E-state index is 0.302. The van der Waals surface area contributed by atoms with Gasteiger partial charge in [-0.3, -0.25) is 0 Å². The van der Waals surface area contributed by atoms with Crippen LogP contribution in [0.3, 0.4) is 0 Å². The molecule has 0 aliphatic rings. The van der Waals surface area contributed by atoms with Gasteiger partial charge < -0.3 is 18.3 Å². The van der Waals surface area contributed by atoms with E-state index in [1.165, 1.54) is 0 Å². The highest BCUT2D eigenvalue weighted by Gasteiger charge is 2.24. The molecule has 0 heterocycles. The monoisotopic (exact) mass is 362 g/mol. The van der Waals surface area contributed by atoms with E-state index in [-0.39, 0.29) is 5.97 Å². The molecule has 0 amide bonds. The lowest BCUT2D eigenvalue weighted by molar-refractivity contribution is -0.138. The van der Waals surface area contributed by atoms with Crippen molar-refractivity contribution in [2.45, 2.75) is 51.5 Å². The summed E-state index contributed by atoms with van der Waals surface area (Å²) >= 11 is 0. The first kappa shape index (κ1) is 22.5. The Bertz CT molecular complexity index is 347. The van der Waals surface area contributed by atoms with Crippen LogP contribution in [0, 0.1) is 0 Å². The molecule has 0 aromatic carbocycles. The molecule has 0 aromatic rings. The van der Waals surface area contributed by atoms with Crippen molar-refractivity contribution in [3.8, 4) is 0 Å². The summed E-state index contributed by atoms with van der Waals surface area (Å²) in [6, 6.07) is 2.15. The predicted molar refractivity (Wildman–Crippen MR) is 98.9 cm³/mol. The molecule has 5 nitrogen and oxygen atoms in total. The molecule has 136 valence electrons. The summed E-state index contributed by atoms with van der Waals surface area (Å²) in [5, 5.41) is 0. The molecule has 0 bridgehead atoms. The van der Waals surface area contributed by atoms with Crippen LogP contribution < -0.4 is 0 Å². The number of rotatable bonds is 14. The minimum atomic E-state index is -1.61. The molecule has 1 unspecified atom stereocenters. The van der Waals surface area contributed by atoms with Crippen LogP contribution in [0.2, 0.25) is 31.7 Å². The second-order valence-electron chi connectivity index (χ2n) is 6.46. The maximum Gasteiger partial charge on any atom is 0.333 e. The molecular formula is C16H34O5Si2. The van der Waals surface area contributed by atoms with Crippen molar-refractivity contribution in [3.05, 3.63) is 12.2 Å². The largest absolute Gasteiger partial charge is 0.462 e. The van der Waals surface area contributed by atoms with Gasteiger partial charge in [0.25, 0.3) is 0 Å². The average molecular weight is 363 g/mol. The van der Waals surface area contributed by atoms with E-state index in [0.29, 0.717) is 25.4 Å².